The second-order valence-corrected chi connectivity index (χ2v) is 4.25. The lowest BCUT2D eigenvalue weighted by molar-refractivity contribution is -0.128. The Morgan fingerprint density at radius 3 is 3.00 bits per heavy atom. The van der Waals surface area contributed by atoms with Crippen LogP contribution in [0.15, 0.2) is 0 Å². The van der Waals surface area contributed by atoms with Crippen molar-refractivity contribution in [3.05, 3.63) is 0 Å². The molecule has 1 aliphatic rings. The third kappa shape index (κ3) is 4.62. The fourth-order valence-electron chi connectivity index (χ4n) is 1.79. The number of amides is 1. The van der Waals surface area contributed by atoms with Crippen molar-refractivity contribution in [2.75, 3.05) is 39.8 Å². The van der Waals surface area contributed by atoms with E-state index in [-0.39, 0.29) is 5.91 Å². The molecule has 0 aromatic carbocycles. The molecule has 4 heteroatoms. The smallest absolute Gasteiger partial charge is 0.236 e. The zero-order valence-electron chi connectivity index (χ0n) is 9.88. The highest BCUT2D eigenvalue weighted by Crippen LogP contribution is 2.07. The first-order valence-electron chi connectivity index (χ1n) is 5.89. The average Bonchev–Trinajstić information content (AvgIpc) is 2.29. The Kier molecular flexibility index (Phi) is 5.65. The number of piperidine rings is 1. The molecule has 0 bridgehead atoms. The lowest BCUT2D eigenvalue weighted by atomic mass is 10.00. The Labute approximate surface area is 92.4 Å². The van der Waals surface area contributed by atoms with Crippen LogP contribution in [-0.4, -0.2) is 50.6 Å². The van der Waals surface area contributed by atoms with Crippen molar-refractivity contribution >= 4 is 5.91 Å². The van der Waals surface area contributed by atoms with Gasteiger partial charge < -0.3 is 15.5 Å². The van der Waals surface area contributed by atoms with Crippen molar-refractivity contribution in [2.45, 2.75) is 19.8 Å². The van der Waals surface area contributed by atoms with Crippen LogP contribution in [0.1, 0.15) is 19.8 Å². The van der Waals surface area contributed by atoms with E-state index in [1.807, 2.05) is 14.0 Å². The number of rotatable bonds is 5. The summed E-state index contributed by atoms with van der Waals surface area (Å²) in [5, 5.41) is 6.61. The molecule has 1 heterocycles. The Morgan fingerprint density at radius 2 is 2.40 bits per heavy atom. The minimum atomic E-state index is 0.182. The van der Waals surface area contributed by atoms with Gasteiger partial charge in [0.15, 0.2) is 0 Å². The van der Waals surface area contributed by atoms with Crippen LogP contribution < -0.4 is 10.6 Å². The molecule has 0 saturated carbocycles. The molecule has 1 rings (SSSR count). The molecule has 88 valence electrons. The maximum atomic E-state index is 11.5. The number of hydrogen-bond donors (Lipinski definition) is 2. The van der Waals surface area contributed by atoms with Gasteiger partial charge in [0.1, 0.15) is 0 Å². The molecule has 1 aliphatic heterocycles. The summed E-state index contributed by atoms with van der Waals surface area (Å²) in [5.74, 6) is 0.875. The molecule has 4 nitrogen and oxygen atoms in total. The monoisotopic (exact) mass is 213 g/mol. The van der Waals surface area contributed by atoms with Gasteiger partial charge in [-0.05, 0) is 45.3 Å². The Balaban J connectivity index is 2.07. The number of nitrogens with zero attached hydrogens (tertiary/aromatic N) is 1. The molecule has 0 aliphatic carbocycles. The maximum absolute atomic E-state index is 11.5. The van der Waals surface area contributed by atoms with Crippen LogP contribution in [-0.2, 0) is 4.79 Å². The van der Waals surface area contributed by atoms with Crippen molar-refractivity contribution in [1.82, 2.24) is 15.5 Å². The van der Waals surface area contributed by atoms with Crippen LogP contribution >= 0.6 is 0 Å². The minimum Gasteiger partial charge on any atom is -0.345 e. The minimum absolute atomic E-state index is 0.182. The lowest BCUT2D eigenvalue weighted by Gasteiger charge is -2.23. The highest BCUT2D eigenvalue weighted by molar-refractivity contribution is 5.77. The largest absolute Gasteiger partial charge is 0.345 e. The van der Waals surface area contributed by atoms with Gasteiger partial charge in [-0.1, -0.05) is 0 Å². The first kappa shape index (κ1) is 12.5. The first-order chi connectivity index (χ1) is 7.24. The molecule has 1 atom stereocenters. The van der Waals surface area contributed by atoms with E-state index in [9.17, 15) is 4.79 Å². The normalized spacial score (nSPS) is 21.3. The van der Waals surface area contributed by atoms with Gasteiger partial charge in [-0.25, -0.2) is 0 Å². The SMILES string of the molecule is CCN(C)C(=O)CNCC1CCCNC1. The predicted octanol–water partition coefficient (Wildman–Crippen LogP) is 0.0539. The summed E-state index contributed by atoms with van der Waals surface area (Å²) in [6.07, 6.45) is 2.53. The number of likely N-dealkylation sites (N-methyl/N-ethyl adjacent to an activating group) is 1. The van der Waals surface area contributed by atoms with E-state index in [0.29, 0.717) is 12.5 Å². The van der Waals surface area contributed by atoms with E-state index in [4.69, 9.17) is 0 Å². The molecular formula is C11H23N3O. The van der Waals surface area contributed by atoms with Crippen LogP contribution in [0.5, 0.6) is 0 Å². The first-order valence-corrected chi connectivity index (χ1v) is 5.89. The Bertz CT molecular complexity index is 190. The maximum Gasteiger partial charge on any atom is 0.236 e. The van der Waals surface area contributed by atoms with Gasteiger partial charge in [-0.15, -0.1) is 0 Å². The fraction of sp³-hybridized carbons (Fsp3) is 0.909. The molecule has 1 amide bonds. The predicted molar refractivity (Wildman–Crippen MR) is 61.8 cm³/mol. The average molecular weight is 213 g/mol. The van der Waals surface area contributed by atoms with Gasteiger partial charge in [0, 0.05) is 13.6 Å². The summed E-state index contributed by atoms with van der Waals surface area (Å²) < 4.78 is 0. The standard InChI is InChI=1S/C11H23N3O/c1-3-14(2)11(15)9-13-8-10-5-4-6-12-7-10/h10,12-13H,3-9H2,1-2H3. The molecule has 1 fully saturated rings. The molecule has 2 N–H and O–H groups in total. The Hall–Kier alpha value is -0.610. The number of carbonyl (C=O) groups is 1. The summed E-state index contributed by atoms with van der Waals surface area (Å²) >= 11 is 0. The van der Waals surface area contributed by atoms with Crippen LogP contribution in [0, 0.1) is 5.92 Å². The van der Waals surface area contributed by atoms with Crippen molar-refractivity contribution in [3.8, 4) is 0 Å². The van der Waals surface area contributed by atoms with E-state index >= 15 is 0 Å². The second-order valence-electron chi connectivity index (χ2n) is 4.25. The van der Waals surface area contributed by atoms with E-state index in [1.165, 1.54) is 12.8 Å². The van der Waals surface area contributed by atoms with Gasteiger partial charge >= 0.3 is 0 Å². The van der Waals surface area contributed by atoms with Crippen molar-refractivity contribution < 1.29 is 4.79 Å². The highest BCUT2D eigenvalue weighted by atomic mass is 16.2. The fourth-order valence-corrected chi connectivity index (χ4v) is 1.79. The zero-order chi connectivity index (χ0) is 11.1. The van der Waals surface area contributed by atoms with E-state index in [1.54, 1.807) is 4.90 Å². The highest BCUT2D eigenvalue weighted by Gasteiger charge is 2.13. The van der Waals surface area contributed by atoms with Crippen LogP contribution in [0.25, 0.3) is 0 Å². The van der Waals surface area contributed by atoms with Gasteiger partial charge in [0.2, 0.25) is 5.91 Å². The van der Waals surface area contributed by atoms with Gasteiger partial charge in [0.05, 0.1) is 6.54 Å². The summed E-state index contributed by atoms with van der Waals surface area (Å²) in [4.78, 5) is 13.2. The third-order valence-corrected chi connectivity index (χ3v) is 3.01. The molecule has 1 saturated heterocycles. The van der Waals surface area contributed by atoms with E-state index < -0.39 is 0 Å². The molecular weight excluding hydrogens is 190 g/mol. The van der Waals surface area contributed by atoms with Crippen molar-refractivity contribution in [1.29, 1.82) is 0 Å². The van der Waals surface area contributed by atoms with Crippen LogP contribution in [0.2, 0.25) is 0 Å². The Morgan fingerprint density at radius 1 is 1.60 bits per heavy atom. The van der Waals surface area contributed by atoms with E-state index in [0.717, 1.165) is 26.2 Å². The summed E-state index contributed by atoms with van der Waals surface area (Å²) in [6, 6.07) is 0. The molecule has 0 aromatic heterocycles. The zero-order valence-corrected chi connectivity index (χ0v) is 9.88. The summed E-state index contributed by atoms with van der Waals surface area (Å²) in [6.45, 7) is 6.43. The lowest BCUT2D eigenvalue weighted by Crippen LogP contribution is -2.40. The van der Waals surface area contributed by atoms with Gasteiger partial charge in [-0.3, -0.25) is 4.79 Å². The van der Waals surface area contributed by atoms with Gasteiger partial charge in [-0.2, -0.15) is 0 Å². The van der Waals surface area contributed by atoms with E-state index in [2.05, 4.69) is 10.6 Å². The summed E-state index contributed by atoms with van der Waals surface area (Å²) in [5.41, 5.74) is 0. The molecule has 0 radical (unpaired) electrons. The molecule has 1 unspecified atom stereocenters. The quantitative estimate of drug-likeness (QED) is 0.678. The number of hydrogen-bond acceptors (Lipinski definition) is 3. The van der Waals surface area contributed by atoms with Crippen molar-refractivity contribution in [3.63, 3.8) is 0 Å². The van der Waals surface area contributed by atoms with Gasteiger partial charge in [0.25, 0.3) is 0 Å². The number of carbonyl (C=O) groups excluding carboxylic acids is 1. The van der Waals surface area contributed by atoms with Crippen LogP contribution in [0.3, 0.4) is 0 Å². The molecule has 0 aromatic rings. The second kappa shape index (κ2) is 6.80. The number of nitrogens with one attached hydrogen (secondary N) is 2. The molecule has 0 spiro atoms. The molecule has 15 heavy (non-hydrogen) atoms. The van der Waals surface area contributed by atoms with Crippen LogP contribution in [0.4, 0.5) is 0 Å². The summed E-state index contributed by atoms with van der Waals surface area (Å²) in [7, 11) is 1.84. The van der Waals surface area contributed by atoms with Crippen molar-refractivity contribution in [2.24, 2.45) is 5.92 Å². The third-order valence-electron chi connectivity index (χ3n) is 3.01. The topological polar surface area (TPSA) is 44.4 Å².